The van der Waals surface area contributed by atoms with E-state index in [0.29, 0.717) is 16.3 Å². The quantitative estimate of drug-likeness (QED) is 0.866. The first-order chi connectivity index (χ1) is 9.10. The van der Waals surface area contributed by atoms with Gasteiger partial charge in [-0.1, -0.05) is 11.6 Å². The summed E-state index contributed by atoms with van der Waals surface area (Å²) < 4.78 is 10.5. The van der Waals surface area contributed by atoms with E-state index in [0.717, 1.165) is 6.08 Å². The number of ether oxygens (including phenoxy) is 1. The molecule has 0 amide bonds. The number of hydrogen-bond acceptors (Lipinski definition) is 5. The lowest BCUT2D eigenvalue weighted by atomic mass is 10.2. The molecule has 0 bridgehead atoms. The Morgan fingerprint density at radius 3 is 2.95 bits per heavy atom. The molecular formula is C12H9ClN2O4. The predicted octanol–water partition coefficient (Wildman–Crippen LogP) is 2.50. The number of aliphatic carboxylic acids is 1. The highest BCUT2D eigenvalue weighted by atomic mass is 35.5. The summed E-state index contributed by atoms with van der Waals surface area (Å²) in [6, 6.07) is 4.96. The van der Waals surface area contributed by atoms with Crippen LogP contribution in [0.25, 0.3) is 17.5 Å². The minimum Gasteiger partial charge on any atom is -0.496 e. The molecule has 1 aromatic carbocycles. The van der Waals surface area contributed by atoms with E-state index < -0.39 is 5.97 Å². The van der Waals surface area contributed by atoms with Gasteiger partial charge in [0.15, 0.2) is 0 Å². The van der Waals surface area contributed by atoms with Gasteiger partial charge in [-0.2, -0.15) is 0 Å². The van der Waals surface area contributed by atoms with E-state index in [9.17, 15) is 4.79 Å². The molecule has 19 heavy (non-hydrogen) atoms. The van der Waals surface area contributed by atoms with Crippen LogP contribution in [0.4, 0.5) is 0 Å². The van der Waals surface area contributed by atoms with E-state index in [2.05, 4.69) is 10.2 Å². The zero-order chi connectivity index (χ0) is 13.8. The number of carboxylic acids is 1. The van der Waals surface area contributed by atoms with Crippen molar-refractivity contribution >= 4 is 23.6 Å². The third-order valence-corrected chi connectivity index (χ3v) is 2.44. The number of hydrogen-bond donors (Lipinski definition) is 1. The van der Waals surface area contributed by atoms with Crippen LogP contribution in [0.5, 0.6) is 5.75 Å². The van der Waals surface area contributed by atoms with Crippen molar-refractivity contribution in [1.29, 1.82) is 0 Å². The van der Waals surface area contributed by atoms with Gasteiger partial charge in [-0.15, -0.1) is 10.2 Å². The Morgan fingerprint density at radius 1 is 1.47 bits per heavy atom. The van der Waals surface area contributed by atoms with Gasteiger partial charge in [-0.3, -0.25) is 0 Å². The molecular weight excluding hydrogens is 272 g/mol. The maximum atomic E-state index is 10.4. The molecule has 0 atom stereocenters. The summed E-state index contributed by atoms with van der Waals surface area (Å²) in [5.41, 5.74) is 0.578. The van der Waals surface area contributed by atoms with E-state index in [4.69, 9.17) is 25.9 Å². The fourth-order valence-electron chi connectivity index (χ4n) is 1.40. The molecule has 0 saturated carbocycles. The van der Waals surface area contributed by atoms with Gasteiger partial charge in [0.1, 0.15) is 5.75 Å². The van der Waals surface area contributed by atoms with Crippen LogP contribution >= 0.6 is 11.6 Å². The molecule has 98 valence electrons. The lowest BCUT2D eigenvalue weighted by Crippen LogP contribution is -1.87. The van der Waals surface area contributed by atoms with Crippen LogP contribution in [0, 0.1) is 0 Å². The maximum absolute atomic E-state index is 10.4. The van der Waals surface area contributed by atoms with E-state index in [-0.39, 0.29) is 11.8 Å². The number of rotatable bonds is 4. The molecule has 0 aliphatic heterocycles. The van der Waals surface area contributed by atoms with Crippen LogP contribution in [-0.2, 0) is 4.79 Å². The van der Waals surface area contributed by atoms with Gasteiger partial charge in [0.25, 0.3) is 5.89 Å². The highest BCUT2D eigenvalue weighted by Crippen LogP contribution is 2.31. The maximum Gasteiger partial charge on any atom is 0.328 e. The summed E-state index contributed by atoms with van der Waals surface area (Å²) in [6.45, 7) is 0. The second-order valence-electron chi connectivity index (χ2n) is 3.46. The Morgan fingerprint density at radius 2 is 2.26 bits per heavy atom. The Labute approximate surface area is 113 Å². The van der Waals surface area contributed by atoms with Crippen molar-refractivity contribution in [1.82, 2.24) is 10.2 Å². The summed E-state index contributed by atoms with van der Waals surface area (Å²) in [4.78, 5) is 10.4. The smallest absolute Gasteiger partial charge is 0.328 e. The molecule has 0 saturated heterocycles. The largest absolute Gasteiger partial charge is 0.496 e. The molecule has 0 unspecified atom stereocenters. The number of aromatic nitrogens is 2. The molecule has 0 aliphatic carbocycles. The van der Waals surface area contributed by atoms with Crippen molar-refractivity contribution in [2.45, 2.75) is 0 Å². The third-order valence-electron chi connectivity index (χ3n) is 2.20. The van der Waals surface area contributed by atoms with Crippen molar-refractivity contribution in [2.24, 2.45) is 0 Å². The van der Waals surface area contributed by atoms with Crippen molar-refractivity contribution in [3.63, 3.8) is 0 Å². The fourth-order valence-corrected chi connectivity index (χ4v) is 1.56. The van der Waals surface area contributed by atoms with Crippen LogP contribution in [0.3, 0.4) is 0 Å². The monoisotopic (exact) mass is 280 g/mol. The lowest BCUT2D eigenvalue weighted by molar-refractivity contribution is -0.131. The zero-order valence-electron chi connectivity index (χ0n) is 9.83. The predicted molar refractivity (Wildman–Crippen MR) is 68.0 cm³/mol. The molecule has 0 fully saturated rings. The van der Waals surface area contributed by atoms with Crippen molar-refractivity contribution in [3.8, 4) is 17.2 Å². The van der Waals surface area contributed by atoms with Crippen molar-refractivity contribution < 1.29 is 19.1 Å². The molecule has 1 N–H and O–H groups in total. The number of benzene rings is 1. The summed E-state index contributed by atoms with van der Waals surface area (Å²) in [5.74, 6) is -0.290. The highest BCUT2D eigenvalue weighted by Gasteiger charge is 2.13. The van der Waals surface area contributed by atoms with Gasteiger partial charge in [0.05, 0.1) is 12.7 Å². The first-order valence-electron chi connectivity index (χ1n) is 5.18. The molecule has 0 aliphatic rings. The van der Waals surface area contributed by atoms with E-state index in [1.165, 1.54) is 13.2 Å². The van der Waals surface area contributed by atoms with E-state index in [1.807, 2.05) is 0 Å². The zero-order valence-corrected chi connectivity index (χ0v) is 10.6. The van der Waals surface area contributed by atoms with Crippen LogP contribution in [0.2, 0.25) is 5.02 Å². The van der Waals surface area contributed by atoms with Gasteiger partial charge < -0.3 is 14.3 Å². The Balaban J connectivity index is 2.35. The molecule has 0 spiro atoms. The van der Waals surface area contributed by atoms with Gasteiger partial charge in [-0.05, 0) is 18.2 Å². The Bertz CT molecular complexity index is 636. The first-order valence-corrected chi connectivity index (χ1v) is 5.56. The van der Waals surface area contributed by atoms with Crippen molar-refractivity contribution in [3.05, 3.63) is 35.2 Å². The molecule has 1 aromatic heterocycles. The SMILES string of the molecule is COc1cc(Cl)ccc1-c1nnc(/C=C/C(=O)O)o1. The molecule has 1 heterocycles. The number of carbonyl (C=O) groups is 1. The van der Waals surface area contributed by atoms with Crippen LogP contribution in [0.15, 0.2) is 28.7 Å². The Kier molecular flexibility index (Phi) is 3.82. The first kappa shape index (κ1) is 13.1. The normalized spacial score (nSPS) is 10.8. The third kappa shape index (κ3) is 3.11. The summed E-state index contributed by atoms with van der Waals surface area (Å²) >= 11 is 5.85. The molecule has 7 heteroatoms. The molecule has 2 rings (SSSR count). The second kappa shape index (κ2) is 5.53. The fraction of sp³-hybridized carbons (Fsp3) is 0.0833. The summed E-state index contributed by atoms with van der Waals surface area (Å²) in [7, 11) is 1.50. The van der Waals surface area contributed by atoms with E-state index >= 15 is 0 Å². The average molecular weight is 281 g/mol. The molecule has 0 radical (unpaired) electrons. The van der Waals surface area contributed by atoms with Crippen LogP contribution < -0.4 is 4.74 Å². The molecule has 6 nitrogen and oxygen atoms in total. The molecule has 2 aromatic rings. The number of methoxy groups -OCH3 is 1. The van der Waals surface area contributed by atoms with Gasteiger partial charge in [0.2, 0.25) is 5.89 Å². The second-order valence-corrected chi connectivity index (χ2v) is 3.90. The van der Waals surface area contributed by atoms with Crippen LogP contribution in [0.1, 0.15) is 5.89 Å². The topological polar surface area (TPSA) is 85.5 Å². The van der Waals surface area contributed by atoms with E-state index in [1.54, 1.807) is 18.2 Å². The Hall–Kier alpha value is -2.34. The van der Waals surface area contributed by atoms with Gasteiger partial charge >= 0.3 is 5.97 Å². The lowest BCUT2D eigenvalue weighted by Gasteiger charge is -2.04. The number of halogens is 1. The van der Waals surface area contributed by atoms with Crippen LogP contribution in [-0.4, -0.2) is 28.4 Å². The summed E-state index contributed by atoms with van der Waals surface area (Å²) in [6.07, 6.45) is 2.12. The minimum absolute atomic E-state index is 0.0920. The number of carboxylic acid groups (broad SMARTS) is 1. The minimum atomic E-state index is -1.09. The summed E-state index contributed by atoms with van der Waals surface area (Å²) in [5, 5.41) is 16.5. The van der Waals surface area contributed by atoms with Gasteiger partial charge in [-0.25, -0.2) is 4.79 Å². The van der Waals surface area contributed by atoms with Crippen molar-refractivity contribution in [2.75, 3.05) is 7.11 Å². The highest BCUT2D eigenvalue weighted by molar-refractivity contribution is 6.30. The standard InChI is InChI=1S/C12H9ClN2O4/c1-18-9-6-7(13)2-3-8(9)12-15-14-10(19-12)4-5-11(16)17/h2-6H,1H3,(H,16,17)/b5-4+. The average Bonchev–Trinajstić information content (AvgIpc) is 2.84. The number of nitrogens with zero attached hydrogens (tertiary/aromatic N) is 2. The van der Waals surface area contributed by atoms with Gasteiger partial charge in [0, 0.05) is 17.2 Å².